The van der Waals surface area contributed by atoms with Crippen molar-refractivity contribution in [3.05, 3.63) is 46.6 Å². The SMILES string of the molecule is COc1ncc(NC(=O)C(=O)N2C[C@@H](C)CC[C@@H]2c2ccc3sc(C[C@@H](C)N(C)C)nc3c2)cc1C(N)=O. The summed E-state index contributed by atoms with van der Waals surface area (Å²) in [6.45, 7) is 4.71. The van der Waals surface area contributed by atoms with E-state index < -0.39 is 17.7 Å². The molecule has 1 aliphatic rings. The standard InChI is InChI=1S/C27H34N6O4S/c1-15-6-8-21(17-7-9-22-20(11-17)31-23(38-22)10-16(2)32(3)4)33(14-15)27(36)25(35)30-18-12-19(24(28)34)26(37-5)29-13-18/h7,9,11-13,15-16,21H,6,8,10,14H2,1-5H3,(H2,28,34)(H,30,35)/t15-,16+,21+/m0/s1. The van der Waals surface area contributed by atoms with Crippen LogP contribution in [0.25, 0.3) is 10.2 Å². The first-order chi connectivity index (χ1) is 18.1. The fraction of sp³-hybridized carbons (Fsp3) is 0.444. The van der Waals surface area contributed by atoms with Crippen LogP contribution in [0.2, 0.25) is 0 Å². The quantitative estimate of drug-likeness (QED) is 0.442. The van der Waals surface area contributed by atoms with Gasteiger partial charge in [0.15, 0.2) is 0 Å². The third-order valence-electron chi connectivity index (χ3n) is 7.03. The van der Waals surface area contributed by atoms with E-state index in [0.717, 1.165) is 40.1 Å². The number of nitrogens with one attached hydrogen (secondary N) is 1. The van der Waals surface area contributed by atoms with Crippen molar-refractivity contribution >= 4 is 45.0 Å². The maximum absolute atomic E-state index is 13.4. The number of likely N-dealkylation sites (tertiary alicyclic amines) is 1. The highest BCUT2D eigenvalue weighted by atomic mass is 32.1. The lowest BCUT2D eigenvalue weighted by molar-refractivity contribution is -0.146. The van der Waals surface area contributed by atoms with Crippen LogP contribution in [0.15, 0.2) is 30.5 Å². The lowest BCUT2D eigenvalue weighted by atomic mass is 9.89. The lowest BCUT2D eigenvalue weighted by Crippen LogP contribution is -2.46. The number of nitrogens with two attached hydrogens (primary N) is 1. The van der Waals surface area contributed by atoms with Crippen LogP contribution in [0.1, 0.15) is 53.7 Å². The van der Waals surface area contributed by atoms with Gasteiger partial charge in [0.2, 0.25) is 5.88 Å². The number of piperidine rings is 1. The normalized spacial score (nSPS) is 18.4. The maximum Gasteiger partial charge on any atom is 0.313 e. The number of carbonyl (C=O) groups excluding carboxylic acids is 3. The molecule has 0 saturated carbocycles. The third kappa shape index (κ3) is 5.94. The van der Waals surface area contributed by atoms with E-state index in [1.807, 2.05) is 12.1 Å². The lowest BCUT2D eigenvalue weighted by Gasteiger charge is -2.38. The van der Waals surface area contributed by atoms with Crippen molar-refractivity contribution in [2.24, 2.45) is 11.7 Å². The van der Waals surface area contributed by atoms with Gasteiger partial charge in [0.1, 0.15) is 5.56 Å². The summed E-state index contributed by atoms with van der Waals surface area (Å²) in [6.07, 6.45) is 3.88. The number of fused-ring (bicyclic) bond motifs is 1. The molecule has 3 N–H and O–H groups in total. The van der Waals surface area contributed by atoms with Crippen LogP contribution < -0.4 is 15.8 Å². The molecule has 0 spiro atoms. The minimum Gasteiger partial charge on any atom is -0.480 e. The molecule has 10 nitrogen and oxygen atoms in total. The first-order valence-corrected chi connectivity index (χ1v) is 13.4. The Morgan fingerprint density at radius 2 is 2.03 bits per heavy atom. The summed E-state index contributed by atoms with van der Waals surface area (Å²) in [5, 5.41) is 3.64. The van der Waals surface area contributed by atoms with Crippen molar-refractivity contribution in [2.75, 3.05) is 33.1 Å². The van der Waals surface area contributed by atoms with Crippen molar-refractivity contribution in [1.29, 1.82) is 0 Å². The van der Waals surface area contributed by atoms with Crippen LogP contribution in [-0.2, 0) is 16.0 Å². The second kappa shape index (κ2) is 11.4. The molecular weight excluding hydrogens is 504 g/mol. The summed E-state index contributed by atoms with van der Waals surface area (Å²) in [7, 11) is 5.48. The van der Waals surface area contributed by atoms with E-state index in [4.69, 9.17) is 15.5 Å². The minimum atomic E-state index is -0.804. The Morgan fingerprint density at radius 1 is 1.26 bits per heavy atom. The molecule has 3 aromatic rings. The van der Waals surface area contributed by atoms with Crippen LogP contribution in [0, 0.1) is 5.92 Å². The topological polar surface area (TPSA) is 131 Å². The van der Waals surface area contributed by atoms with E-state index >= 15 is 0 Å². The van der Waals surface area contributed by atoms with Gasteiger partial charge in [0, 0.05) is 19.0 Å². The summed E-state index contributed by atoms with van der Waals surface area (Å²) in [6, 6.07) is 7.62. The van der Waals surface area contributed by atoms with E-state index in [2.05, 4.69) is 49.2 Å². The number of ether oxygens (including phenoxy) is 1. The summed E-state index contributed by atoms with van der Waals surface area (Å²) >= 11 is 1.69. The Hall–Kier alpha value is -3.57. The number of nitrogens with zero attached hydrogens (tertiary/aromatic N) is 4. The highest BCUT2D eigenvalue weighted by molar-refractivity contribution is 7.18. The molecular formula is C27H34N6O4S. The molecule has 1 fully saturated rings. The summed E-state index contributed by atoms with van der Waals surface area (Å²) in [4.78, 5) is 50.8. The predicted molar refractivity (Wildman–Crippen MR) is 147 cm³/mol. The zero-order chi connectivity index (χ0) is 27.6. The molecule has 2 aromatic heterocycles. The molecule has 38 heavy (non-hydrogen) atoms. The van der Waals surface area contributed by atoms with Gasteiger partial charge in [0.05, 0.1) is 40.3 Å². The molecule has 0 radical (unpaired) electrons. The monoisotopic (exact) mass is 538 g/mol. The molecule has 202 valence electrons. The number of benzene rings is 1. The number of thiazole rings is 1. The number of hydrogen-bond acceptors (Lipinski definition) is 8. The number of likely N-dealkylation sites (N-methyl/N-ethyl adjacent to an activating group) is 1. The summed E-state index contributed by atoms with van der Waals surface area (Å²) < 4.78 is 6.14. The van der Waals surface area contributed by atoms with Gasteiger partial charge in [-0.3, -0.25) is 14.4 Å². The largest absolute Gasteiger partial charge is 0.480 e. The fourth-order valence-corrected chi connectivity index (χ4v) is 5.69. The zero-order valence-corrected chi connectivity index (χ0v) is 23.2. The highest BCUT2D eigenvalue weighted by Gasteiger charge is 2.34. The van der Waals surface area contributed by atoms with Gasteiger partial charge in [-0.15, -0.1) is 11.3 Å². The third-order valence-corrected chi connectivity index (χ3v) is 8.09. The van der Waals surface area contributed by atoms with Gasteiger partial charge in [-0.05, 0) is 63.5 Å². The Balaban J connectivity index is 1.55. The number of carbonyl (C=O) groups is 3. The maximum atomic E-state index is 13.4. The van der Waals surface area contributed by atoms with Crippen molar-refractivity contribution in [3.8, 4) is 5.88 Å². The molecule has 4 rings (SSSR count). The molecule has 0 aliphatic carbocycles. The average molecular weight is 539 g/mol. The molecule has 1 saturated heterocycles. The highest BCUT2D eigenvalue weighted by Crippen LogP contribution is 2.36. The van der Waals surface area contributed by atoms with Crippen molar-refractivity contribution in [2.45, 2.75) is 45.2 Å². The van der Waals surface area contributed by atoms with E-state index in [1.54, 1.807) is 16.2 Å². The van der Waals surface area contributed by atoms with E-state index in [9.17, 15) is 14.4 Å². The number of primary amides is 1. The number of pyridine rings is 1. The first-order valence-electron chi connectivity index (χ1n) is 12.6. The number of hydrogen-bond donors (Lipinski definition) is 2. The van der Waals surface area contributed by atoms with Crippen LogP contribution in [-0.4, -0.2) is 71.3 Å². The van der Waals surface area contributed by atoms with Crippen molar-refractivity contribution in [1.82, 2.24) is 19.8 Å². The molecule has 0 bridgehead atoms. The van der Waals surface area contributed by atoms with Crippen LogP contribution in [0.3, 0.4) is 0 Å². The van der Waals surface area contributed by atoms with Crippen LogP contribution in [0.4, 0.5) is 5.69 Å². The molecule has 1 aliphatic heterocycles. The number of methoxy groups -OCH3 is 1. The number of anilines is 1. The molecule has 3 atom stereocenters. The second-order valence-corrected chi connectivity index (χ2v) is 11.2. The molecule has 11 heteroatoms. The minimum absolute atomic E-state index is 0.0122. The van der Waals surface area contributed by atoms with E-state index in [-0.39, 0.29) is 29.1 Å². The van der Waals surface area contributed by atoms with Gasteiger partial charge >= 0.3 is 11.8 Å². The molecule has 1 aromatic carbocycles. The summed E-state index contributed by atoms with van der Waals surface area (Å²) in [5.74, 6) is -1.89. The van der Waals surface area contributed by atoms with Crippen molar-refractivity contribution < 1.29 is 19.1 Å². The van der Waals surface area contributed by atoms with Crippen molar-refractivity contribution in [3.63, 3.8) is 0 Å². The first kappa shape index (κ1) is 27.5. The zero-order valence-electron chi connectivity index (χ0n) is 22.4. The smallest absolute Gasteiger partial charge is 0.313 e. The number of aromatic nitrogens is 2. The van der Waals surface area contributed by atoms with Gasteiger partial charge in [-0.2, -0.15) is 0 Å². The Morgan fingerprint density at radius 3 is 2.71 bits per heavy atom. The second-order valence-electron chi connectivity index (χ2n) is 10.1. The molecule has 0 unspecified atom stereocenters. The molecule has 3 amide bonds. The van der Waals surface area contributed by atoms with E-state index in [1.165, 1.54) is 19.4 Å². The number of rotatable bonds is 7. The Labute approximate surface area is 226 Å². The predicted octanol–water partition coefficient (Wildman–Crippen LogP) is 3.23. The Bertz CT molecular complexity index is 1360. The number of amides is 3. The van der Waals surface area contributed by atoms with Crippen LogP contribution >= 0.6 is 11.3 Å². The van der Waals surface area contributed by atoms with Gasteiger partial charge in [-0.25, -0.2) is 9.97 Å². The van der Waals surface area contributed by atoms with Gasteiger partial charge in [0.25, 0.3) is 5.91 Å². The Kier molecular flexibility index (Phi) is 8.27. The van der Waals surface area contributed by atoms with E-state index in [0.29, 0.717) is 12.6 Å². The fourth-order valence-electron chi connectivity index (χ4n) is 4.62. The molecule has 3 heterocycles. The summed E-state index contributed by atoms with van der Waals surface area (Å²) in [5.41, 5.74) is 7.46. The average Bonchev–Trinajstić information content (AvgIpc) is 3.29. The van der Waals surface area contributed by atoms with Crippen LogP contribution in [0.5, 0.6) is 5.88 Å². The van der Waals surface area contributed by atoms with Gasteiger partial charge in [-0.1, -0.05) is 13.0 Å². The van der Waals surface area contributed by atoms with Gasteiger partial charge < -0.3 is 25.6 Å².